The van der Waals surface area contributed by atoms with Gasteiger partial charge in [-0.15, -0.1) is 0 Å². The van der Waals surface area contributed by atoms with Gasteiger partial charge in [0.05, 0.1) is 5.56 Å². The van der Waals surface area contributed by atoms with Crippen LogP contribution in [-0.4, -0.2) is 5.97 Å². The molecule has 0 unspecified atom stereocenters. The first kappa shape index (κ1) is 15.9. The molecule has 0 saturated heterocycles. The lowest BCUT2D eigenvalue weighted by molar-refractivity contribution is 0.0728. The van der Waals surface area contributed by atoms with E-state index in [1.54, 1.807) is 18.2 Å². The van der Waals surface area contributed by atoms with Crippen molar-refractivity contribution >= 4 is 5.97 Å². The summed E-state index contributed by atoms with van der Waals surface area (Å²) in [6.07, 6.45) is 0. The van der Waals surface area contributed by atoms with Gasteiger partial charge in [0.1, 0.15) is 0 Å². The Labute approximate surface area is 140 Å². The zero-order chi connectivity index (χ0) is 17.1. The van der Waals surface area contributed by atoms with Crippen LogP contribution in [0.25, 0.3) is 11.1 Å². The van der Waals surface area contributed by atoms with E-state index in [2.05, 4.69) is 0 Å². The molecule has 0 fully saturated rings. The molecule has 0 aliphatic carbocycles. The summed E-state index contributed by atoms with van der Waals surface area (Å²) in [5.74, 6) is -1.21. The SMILES string of the molecule is Cc1ccc(C(=O)Oc2ccc(-c3ccc(C)cc3)cc2F)cc1. The fourth-order valence-electron chi connectivity index (χ4n) is 2.36. The summed E-state index contributed by atoms with van der Waals surface area (Å²) in [5.41, 5.74) is 4.23. The van der Waals surface area contributed by atoms with Gasteiger partial charge >= 0.3 is 5.97 Å². The van der Waals surface area contributed by atoms with Gasteiger partial charge in [-0.2, -0.15) is 0 Å². The minimum Gasteiger partial charge on any atom is -0.420 e. The van der Waals surface area contributed by atoms with E-state index in [9.17, 15) is 9.18 Å². The fourth-order valence-corrected chi connectivity index (χ4v) is 2.36. The molecule has 0 bridgehead atoms. The lowest BCUT2D eigenvalue weighted by atomic mass is 10.0. The van der Waals surface area contributed by atoms with Crippen LogP contribution < -0.4 is 4.74 Å². The maximum atomic E-state index is 14.3. The number of benzene rings is 3. The molecule has 3 heteroatoms. The predicted molar refractivity (Wildman–Crippen MR) is 92.7 cm³/mol. The Morgan fingerprint density at radius 3 is 1.92 bits per heavy atom. The standard InChI is InChI=1S/C21H17FO2/c1-14-3-7-16(8-4-14)18-11-12-20(19(22)13-18)24-21(23)17-9-5-15(2)6-10-17/h3-13H,1-2H3. The summed E-state index contributed by atoms with van der Waals surface area (Å²) in [4.78, 5) is 12.1. The number of carbonyl (C=O) groups excluding carboxylic acids is 1. The number of ether oxygens (including phenoxy) is 1. The van der Waals surface area contributed by atoms with Crippen LogP contribution in [0.4, 0.5) is 4.39 Å². The third-order valence-corrected chi connectivity index (χ3v) is 3.81. The number of hydrogen-bond donors (Lipinski definition) is 0. The summed E-state index contributed by atoms with van der Waals surface area (Å²) in [5, 5.41) is 0. The van der Waals surface area contributed by atoms with Gasteiger partial charge in [0, 0.05) is 0 Å². The van der Waals surface area contributed by atoms with Crippen LogP contribution in [0.15, 0.2) is 66.7 Å². The van der Waals surface area contributed by atoms with Crippen molar-refractivity contribution in [2.45, 2.75) is 13.8 Å². The number of carbonyl (C=O) groups is 1. The molecule has 120 valence electrons. The van der Waals surface area contributed by atoms with Crippen LogP contribution >= 0.6 is 0 Å². The molecule has 24 heavy (non-hydrogen) atoms. The highest BCUT2D eigenvalue weighted by molar-refractivity contribution is 5.91. The van der Waals surface area contributed by atoms with Crippen molar-refractivity contribution in [2.24, 2.45) is 0 Å². The Morgan fingerprint density at radius 1 is 0.792 bits per heavy atom. The Morgan fingerprint density at radius 2 is 1.33 bits per heavy atom. The van der Waals surface area contributed by atoms with Crippen molar-refractivity contribution < 1.29 is 13.9 Å². The zero-order valence-electron chi connectivity index (χ0n) is 13.5. The molecule has 0 heterocycles. The van der Waals surface area contributed by atoms with E-state index < -0.39 is 11.8 Å². The lowest BCUT2D eigenvalue weighted by Gasteiger charge is -2.08. The summed E-state index contributed by atoms with van der Waals surface area (Å²) in [6.45, 7) is 3.93. The minimum atomic E-state index is -0.572. The van der Waals surface area contributed by atoms with E-state index in [0.717, 1.165) is 22.3 Å². The molecular weight excluding hydrogens is 303 g/mol. The van der Waals surface area contributed by atoms with Crippen LogP contribution in [0.5, 0.6) is 5.75 Å². The van der Waals surface area contributed by atoms with Crippen molar-refractivity contribution in [3.8, 4) is 16.9 Å². The normalized spacial score (nSPS) is 10.5. The molecule has 0 spiro atoms. The summed E-state index contributed by atoms with van der Waals surface area (Å²) in [7, 11) is 0. The zero-order valence-corrected chi connectivity index (χ0v) is 13.5. The second-order valence-corrected chi connectivity index (χ2v) is 5.77. The van der Waals surface area contributed by atoms with Gasteiger partial charge in [-0.1, -0.05) is 53.6 Å². The second-order valence-electron chi connectivity index (χ2n) is 5.77. The summed E-state index contributed by atoms with van der Waals surface area (Å²) >= 11 is 0. The Bertz CT molecular complexity index is 865. The first-order chi connectivity index (χ1) is 11.5. The van der Waals surface area contributed by atoms with E-state index in [-0.39, 0.29) is 5.75 Å². The number of esters is 1. The van der Waals surface area contributed by atoms with Crippen molar-refractivity contribution in [3.63, 3.8) is 0 Å². The fraction of sp³-hybridized carbons (Fsp3) is 0.0952. The van der Waals surface area contributed by atoms with Gasteiger partial charge in [0.25, 0.3) is 0 Å². The van der Waals surface area contributed by atoms with Gasteiger partial charge in [0.2, 0.25) is 0 Å². The maximum absolute atomic E-state index is 14.3. The Kier molecular flexibility index (Phi) is 4.43. The summed E-state index contributed by atoms with van der Waals surface area (Å²) in [6, 6.07) is 19.4. The second kappa shape index (κ2) is 6.67. The van der Waals surface area contributed by atoms with Crippen molar-refractivity contribution in [1.29, 1.82) is 0 Å². The van der Waals surface area contributed by atoms with Gasteiger partial charge in [-0.05, 0) is 49.2 Å². The molecule has 2 nitrogen and oxygen atoms in total. The first-order valence-corrected chi connectivity index (χ1v) is 7.68. The molecule has 0 atom stereocenters. The molecule has 0 aromatic heterocycles. The third-order valence-electron chi connectivity index (χ3n) is 3.81. The average molecular weight is 320 g/mol. The van der Waals surface area contributed by atoms with Crippen LogP contribution in [0.2, 0.25) is 0 Å². The minimum absolute atomic E-state index is 0.0727. The van der Waals surface area contributed by atoms with E-state index in [1.807, 2.05) is 50.2 Å². The van der Waals surface area contributed by atoms with Gasteiger partial charge in [-0.3, -0.25) is 0 Å². The molecule has 3 aromatic rings. The molecule has 0 radical (unpaired) electrons. The van der Waals surface area contributed by atoms with E-state index in [4.69, 9.17) is 4.74 Å². The highest BCUT2D eigenvalue weighted by atomic mass is 19.1. The van der Waals surface area contributed by atoms with E-state index in [0.29, 0.717) is 5.56 Å². The predicted octanol–water partition coefficient (Wildman–Crippen LogP) is 5.33. The van der Waals surface area contributed by atoms with Crippen molar-refractivity contribution in [2.75, 3.05) is 0 Å². The highest BCUT2D eigenvalue weighted by Crippen LogP contribution is 2.26. The lowest BCUT2D eigenvalue weighted by Crippen LogP contribution is -2.09. The molecule has 0 aliphatic heterocycles. The Balaban J connectivity index is 1.81. The van der Waals surface area contributed by atoms with Crippen molar-refractivity contribution in [1.82, 2.24) is 0 Å². The largest absolute Gasteiger partial charge is 0.420 e. The Hall–Kier alpha value is -2.94. The van der Waals surface area contributed by atoms with E-state index >= 15 is 0 Å². The number of halogens is 1. The van der Waals surface area contributed by atoms with Crippen LogP contribution in [0, 0.1) is 19.7 Å². The van der Waals surface area contributed by atoms with Gasteiger partial charge in [0.15, 0.2) is 11.6 Å². The maximum Gasteiger partial charge on any atom is 0.343 e. The molecule has 0 N–H and O–H groups in total. The molecule has 0 aliphatic rings. The topological polar surface area (TPSA) is 26.3 Å². The van der Waals surface area contributed by atoms with E-state index in [1.165, 1.54) is 12.1 Å². The van der Waals surface area contributed by atoms with Gasteiger partial charge in [-0.25, -0.2) is 9.18 Å². The molecule has 3 rings (SSSR count). The monoisotopic (exact) mass is 320 g/mol. The molecule has 0 saturated carbocycles. The third kappa shape index (κ3) is 3.51. The van der Waals surface area contributed by atoms with Crippen LogP contribution in [0.1, 0.15) is 21.5 Å². The number of rotatable bonds is 3. The first-order valence-electron chi connectivity index (χ1n) is 7.68. The number of hydrogen-bond acceptors (Lipinski definition) is 2. The van der Waals surface area contributed by atoms with Crippen LogP contribution in [-0.2, 0) is 0 Å². The molecule has 3 aromatic carbocycles. The average Bonchev–Trinajstić information content (AvgIpc) is 2.58. The van der Waals surface area contributed by atoms with Crippen LogP contribution in [0.3, 0.4) is 0 Å². The highest BCUT2D eigenvalue weighted by Gasteiger charge is 2.12. The summed E-state index contributed by atoms with van der Waals surface area (Å²) < 4.78 is 19.4. The van der Waals surface area contributed by atoms with Gasteiger partial charge < -0.3 is 4.74 Å². The molecular formula is C21H17FO2. The number of aryl methyl sites for hydroxylation is 2. The molecule has 0 amide bonds. The smallest absolute Gasteiger partial charge is 0.343 e. The van der Waals surface area contributed by atoms with Crippen molar-refractivity contribution in [3.05, 3.63) is 89.2 Å². The quantitative estimate of drug-likeness (QED) is 0.482.